The van der Waals surface area contributed by atoms with Gasteiger partial charge < -0.3 is 27.9 Å². The van der Waals surface area contributed by atoms with E-state index in [4.69, 9.17) is 18.5 Å². The number of quaternary nitrogens is 1. The second-order valence-corrected chi connectivity index (χ2v) is 15.7. The number of allylic oxidation sites excluding steroid dienone is 2. The molecule has 0 aliphatic carbocycles. The lowest BCUT2D eigenvalue weighted by molar-refractivity contribution is -0.870. The van der Waals surface area contributed by atoms with E-state index in [0.29, 0.717) is 17.4 Å². The first-order valence-electron chi connectivity index (χ1n) is 19.4. The van der Waals surface area contributed by atoms with Gasteiger partial charge in [0.15, 0.2) is 6.10 Å². The van der Waals surface area contributed by atoms with Crippen LogP contribution in [0.4, 0.5) is 0 Å². The lowest BCUT2D eigenvalue weighted by Gasteiger charge is -2.28. The van der Waals surface area contributed by atoms with Gasteiger partial charge in [-0.2, -0.15) is 0 Å². The Morgan fingerprint density at radius 1 is 0.625 bits per heavy atom. The summed E-state index contributed by atoms with van der Waals surface area (Å²) in [6, 6.07) is 0. The monoisotopic (exact) mass is 704 g/mol. The zero-order valence-electron chi connectivity index (χ0n) is 31.7. The molecule has 0 amide bonds. The molecule has 284 valence electrons. The number of carbonyl (C=O) groups excluding carboxylic acids is 2. The molecular formula is C38H74NO8P. The molecule has 2 atom stereocenters. The van der Waals surface area contributed by atoms with Crippen molar-refractivity contribution >= 4 is 19.8 Å². The number of hydrogen-bond donors (Lipinski definition) is 0. The Labute approximate surface area is 295 Å². The van der Waals surface area contributed by atoms with E-state index < -0.39 is 26.5 Å². The maximum atomic E-state index is 12.6. The van der Waals surface area contributed by atoms with Crippen molar-refractivity contribution in [3.63, 3.8) is 0 Å². The molecule has 0 aliphatic heterocycles. The van der Waals surface area contributed by atoms with Crippen LogP contribution in [-0.4, -0.2) is 70.0 Å². The molecule has 0 saturated carbocycles. The molecule has 0 fully saturated rings. The van der Waals surface area contributed by atoms with Crippen LogP contribution >= 0.6 is 7.82 Å². The quantitative estimate of drug-likeness (QED) is 0.0211. The fourth-order valence-corrected chi connectivity index (χ4v) is 5.91. The van der Waals surface area contributed by atoms with E-state index in [1.54, 1.807) is 0 Å². The van der Waals surface area contributed by atoms with Crippen molar-refractivity contribution in [2.45, 2.75) is 174 Å². The number of phosphoric ester groups is 1. The van der Waals surface area contributed by atoms with Gasteiger partial charge in [0.25, 0.3) is 7.82 Å². The highest BCUT2D eigenvalue weighted by atomic mass is 31.2. The Balaban J connectivity index is 4.39. The fourth-order valence-electron chi connectivity index (χ4n) is 5.19. The highest BCUT2D eigenvalue weighted by Gasteiger charge is 2.21. The van der Waals surface area contributed by atoms with E-state index in [9.17, 15) is 19.0 Å². The SMILES string of the molecule is CCC/C=C\CCCCCCCC(=O)OC(COC(=O)CCCCCCCCCCCCCCCC)COP(=O)([O-])OCC[N+](C)(C)C. The second kappa shape index (κ2) is 31.7. The van der Waals surface area contributed by atoms with E-state index in [-0.39, 0.29) is 32.0 Å². The average molecular weight is 704 g/mol. The molecule has 0 bridgehead atoms. The summed E-state index contributed by atoms with van der Waals surface area (Å²) < 4.78 is 33.7. The van der Waals surface area contributed by atoms with Crippen molar-refractivity contribution in [3.05, 3.63) is 12.2 Å². The third-order valence-electron chi connectivity index (χ3n) is 8.27. The van der Waals surface area contributed by atoms with Crippen LogP contribution in [-0.2, 0) is 32.7 Å². The topological polar surface area (TPSA) is 111 Å². The zero-order chi connectivity index (χ0) is 35.8. The van der Waals surface area contributed by atoms with Crippen LogP contribution in [0.3, 0.4) is 0 Å². The Kier molecular flexibility index (Phi) is 30.9. The molecule has 10 heteroatoms. The number of likely N-dealkylation sites (N-methyl/N-ethyl adjacent to an activating group) is 1. The normalized spacial score (nSPS) is 13.9. The Hall–Kier alpha value is -1.25. The highest BCUT2D eigenvalue weighted by molar-refractivity contribution is 7.45. The molecule has 0 radical (unpaired) electrons. The summed E-state index contributed by atoms with van der Waals surface area (Å²) in [6.07, 6.45) is 29.5. The maximum absolute atomic E-state index is 12.6. The van der Waals surface area contributed by atoms with Crippen LogP contribution in [0, 0.1) is 0 Å². The molecule has 9 nitrogen and oxygen atoms in total. The van der Waals surface area contributed by atoms with Gasteiger partial charge in [0.2, 0.25) is 0 Å². The fraction of sp³-hybridized carbons (Fsp3) is 0.895. The van der Waals surface area contributed by atoms with Gasteiger partial charge in [-0.05, 0) is 32.1 Å². The minimum Gasteiger partial charge on any atom is -0.756 e. The summed E-state index contributed by atoms with van der Waals surface area (Å²) in [5.41, 5.74) is 0. The molecule has 0 rings (SSSR count). The Morgan fingerprint density at radius 2 is 1.10 bits per heavy atom. The second-order valence-electron chi connectivity index (χ2n) is 14.3. The molecule has 0 N–H and O–H groups in total. The lowest BCUT2D eigenvalue weighted by atomic mass is 10.0. The van der Waals surface area contributed by atoms with Gasteiger partial charge in [-0.3, -0.25) is 14.2 Å². The number of phosphoric acid groups is 1. The number of carbonyl (C=O) groups is 2. The summed E-state index contributed by atoms with van der Waals surface area (Å²) in [7, 11) is 1.16. The van der Waals surface area contributed by atoms with Crippen LogP contribution in [0.25, 0.3) is 0 Å². The van der Waals surface area contributed by atoms with Crippen LogP contribution in [0.5, 0.6) is 0 Å². The third kappa shape index (κ3) is 34.6. The summed E-state index contributed by atoms with van der Waals surface area (Å²) in [6.45, 7) is 4.15. The first-order chi connectivity index (χ1) is 23.0. The molecule has 0 aromatic heterocycles. The number of unbranched alkanes of at least 4 members (excludes halogenated alkanes) is 19. The van der Waals surface area contributed by atoms with Crippen LogP contribution in [0.2, 0.25) is 0 Å². The molecule has 0 aromatic rings. The van der Waals surface area contributed by atoms with Gasteiger partial charge in [-0.25, -0.2) is 0 Å². The van der Waals surface area contributed by atoms with E-state index in [0.717, 1.165) is 57.8 Å². The molecule has 2 unspecified atom stereocenters. The molecule has 0 aliphatic rings. The van der Waals surface area contributed by atoms with Gasteiger partial charge in [-0.1, -0.05) is 135 Å². The smallest absolute Gasteiger partial charge is 0.306 e. The van der Waals surface area contributed by atoms with Crippen molar-refractivity contribution < 1.29 is 42.1 Å². The van der Waals surface area contributed by atoms with Gasteiger partial charge in [0, 0.05) is 12.8 Å². The zero-order valence-corrected chi connectivity index (χ0v) is 32.6. The van der Waals surface area contributed by atoms with Crippen LogP contribution in [0.15, 0.2) is 12.2 Å². The van der Waals surface area contributed by atoms with Crippen molar-refractivity contribution in [1.82, 2.24) is 0 Å². The van der Waals surface area contributed by atoms with E-state index in [2.05, 4.69) is 26.0 Å². The third-order valence-corrected chi connectivity index (χ3v) is 9.23. The molecule has 0 spiro atoms. The molecule has 48 heavy (non-hydrogen) atoms. The summed E-state index contributed by atoms with van der Waals surface area (Å²) >= 11 is 0. The molecular weight excluding hydrogens is 629 g/mol. The minimum absolute atomic E-state index is 0.0298. The van der Waals surface area contributed by atoms with Crippen molar-refractivity contribution in [2.75, 3.05) is 47.5 Å². The number of ether oxygens (including phenoxy) is 2. The predicted molar refractivity (Wildman–Crippen MR) is 195 cm³/mol. The summed E-state index contributed by atoms with van der Waals surface area (Å²) in [5.74, 6) is -0.843. The molecule has 0 aromatic carbocycles. The highest BCUT2D eigenvalue weighted by Crippen LogP contribution is 2.38. The Morgan fingerprint density at radius 3 is 1.62 bits per heavy atom. The van der Waals surface area contributed by atoms with Crippen LogP contribution in [0.1, 0.15) is 168 Å². The average Bonchev–Trinajstić information content (AvgIpc) is 3.02. The van der Waals surface area contributed by atoms with Crippen molar-refractivity contribution in [1.29, 1.82) is 0 Å². The first-order valence-corrected chi connectivity index (χ1v) is 20.9. The van der Waals surface area contributed by atoms with E-state index in [1.807, 2.05) is 21.1 Å². The van der Waals surface area contributed by atoms with E-state index >= 15 is 0 Å². The van der Waals surface area contributed by atoms with Gasteiger partial charge in [0.05, 0.1) is 27.7 Å². The lowest BCUT2D eigenvalue weighted by Crippen LogP contribution is -2.37. The number of rotatable bonds is 35. The minimum atomic E-state index is -4.61. The number of esters is 2. The van der Waals surface area contributed by atoms with E-state index in [1.165, 1.54) is 77.0 Å². The molecule has 0 saturated heterocycles. The van der Waals surface area contributed by atoms with Crippen molar-refractivity contribution in [3.8, 4) is 0 Å². The standard InChI is InChI=1S/C38H74NO8P/c1-6-8-10-12-14-16-18-19-20-21-23-24-26-28-30-37(40)44-34-36(35-46-48(42,43)45-33-32-39(3,4)5)47-38(41)31-29-27-25-22-17-15-13-11-9-7-2/h11,13,36H,6-10,12,14-35H2,1-5H3/b13-11-. The van der Waals surface area contributed by atoms with Gasteiger partial charge in [-0.15, -0.1) is 0 Å². The molecule has 0 heterocycles. The maximum Gasteiger partial charge on any atom is 0.306 e. The summed E-state index contributed by atoms with van der Waals surface area (Å²) in [4.78, 5) is 37.3. The van der Waals surface area contributed by atoms with Gasteiger partial charge >= 0.3 is 11.9 Å². The predicted octanol–water partition coefficient (Wildman–Crippen LogP) is 9.61. The number of hydrogen-bond acceptors (Lipinski definition) is 8. The number of nitrogens with zero attached hydrogens (tertiary/aromatic N) is 1. The van der Waals surface area contributed by atoms with Crippen molar-refractivity contribution in [2.24, 2.45) is 0 Å². The largest absolute Gasteiger partial charge is 0.756 e. The first kappa shape index (κ1) is 46.8. The summed E-state index contributed by atoms with van der Waals surface area (Å²) in [5, 5.41) is 0. The van der Waals surface area contributed by atoms with Crippen LogP contribution < -0.4 is 4.89 Å². The van der Waals surface area contributed by atoms with Gasteiger partial charge in [0.1, 0.15) is 19.8 Å². The Bertz CT molecular complexity index is 845.